The summed E-state index contributed by atoms with van der Waals surface area (Å²) in [4.78, 5) is 34.1. The number of carbonyl (C=O) groups is 3. The summed E-state index contributed by atoms with van der Waals surface area (Å²) >= 11 is 0. The predicted molar refractivity (Wildman–Crippen MR) is 128 cm³/mol. The van der Waals surface area contributed by atoms with E-state index >= 15 is 0 Å². The number of amides is 3. The average Bonchev–Trinajstić information content (AvgIpc) is 2.73. The molecule has 0 rings (SSSR count). The minimum Gasteiger partial charge on any atom is -0.370 e. The maximum absolute atomic E-state index is 12.0. The van der Waals surface area contributed by atoms with Gasteiger partial charge in [-0.25, -0.2) is 0 Å². The van der Waals surface area contributed by atoms with Crippen LogP contribution in [0.4, 0.5) is 0 Å². The van der Waals surface area contributed by atoms with Gasteiger partial charge in [0.2, 0.25) is 17.7 Å². The van der Waals surface area contributed by atoms with Crippen molar-refractivity contribution < 1.29 is 14.4 Å². The van der Waals surface area contributed by atoms with Crippen LogP contribution in [-0.4, -0.2) is 23.8 Å². The molecule has 0 aliphatic rings. The summed E-state index contributed by atoms with van der Waals surface area (Å²) < 4.78 is 0. The Morgan fingerprint density at radius 1 is 0.645 bits per heavy atom. The van der Waals surface area contributed by atoms with Gasteiger partial charge in [0.25, 0.3) is 0 Å². The topological polar surface area (TPSA) is 115 Å². The molecule has 0 spiro atoms. The number of primary amides is 2. The molecule has 31 heavy (non-hydrogen) atoms. The van der Waals surface area contributed by atoms with Crippen LogP contribution in [0.3, 0.4) is 0 Å². The summed E-state index contributed by atoms with van der Waals surface area (Å²) in [5, 5.41) is 2.61. The molecule has 5 N–H and O–H groups in total. The first-order valence-electron chi connectivity index (χ1n) is 12.8. The number of nitrogens with one attached hydrogen (secondary N) is 1. The van der Waals surface area contributed by atoms with Gasteiger partial charge in [0.05, 0.1) is 0 Å². The van der Waals surface area contributed by atoms with Gasteiger partial charge in [-0.15, -0.1) is 0 Å². The Balaban J connectivity index is 3.69. The lowest BCUT2D eigenvalue weighted by atomic mass is 9.90. The van der Waals surface area contributed by atoms with Crippen LogP contribution < -0.4 is 16.8 Å². The van der Waals surface area contributed by atoms with Crippen LogP contribution in [-0.2, 0) is 14.4 Å². The lowest BCUT2D eigenvalue weighted by Crippen LogP contribution is -2.44. The van der Waals surface area contributed by atoms with Gasteiger partial charge in [-0.05, 0) is 18.8 Å². The molecule has 3 amide bonds. The van der Waals surface area contributed by atoms with Gasteiger partial charge in [0.1, 0.15) is 6.04 Å². The molecule has 0 bridgehead atoms. The van der Waals surface area contributed by atoms with Crippen molar-refractivity contribution in [3.63, 3.8) is 0 Å². The van der Waals surface area contributed by atoms with Crippen LogP contribution in [0.15, 0.2) is 0 Å². The lowest BCUT2D eigenvalue weighted by molar-refractivity contribution is -0.128. The predicted octanol–water partition coefficient (Wildman–Crippen LogP) is 5.12. The third kappa shape index (κ3) is 18.9. The number of hydrogen-bond acceptors (Lipinski definition) is 3. The fourth-order valence-electron chi connectivity index (χ4n) is 4.04. The molecular weight excluding hydrogens is 390 g/mol. The molecular formula is C25H49N3O3. The zero-order valence-electron chi connectivity index (χ0n) is 20.3. The second kappa shape index (κ2) is 20.3. The Kier molecular flexibility index (Phi) is 19.3. The maximum atomic E-state index is 12.0. The standard InChI is InChI=1S/C25H49N3O3/c1-3-5-15-21(16-6-4-2)17-13-11-9-7-8-10-12-14-18-24(30)28-22(25(27)31)19-20-23(26)29/h21-22H,3-20H2,1-2H3,(H2,26,29)(H2,27,31)(H,28,30)/t22-/m0/s1. The number of rotatable bonds is 22. The van der Waals surface area contributed by atoms with E-state index in [4.69, 9.17) is 11.5 Å². The highest BCUT2D eigenvalue weighted by atomic mass is 16.2. The lowest BCUT2D eigenvalue weighted by Gasteiger charge is -2.16. The van der Waals surface area contributed by atoms with E-state index in [-0.39, 0.29) is 18.7 Å². The first-order valence-corrected chi connectivity index (χ1v) is 12.8. The second-order valence-corrected chi connectivity index (χ2v) is 9.05. The molecule has 0 aliphatic heterocycles. The van der Waals surface area contributed by atoms with E-state index in [0.29, 0.717) is 6.42 Å². The van der Waals surface area contributed by atoms with Crippen molar-refractivity contribution in [1.82, 2.24) is 5.32 Å². The van der Waals surface area contributed by atoms with Gasteiger partial charge in [-0.2, -0.15) is 0 Å². The summed E-state index contributed by atoms with van der Waals surface area (Å²) in [5.74, 6) is -0.380. The quantitative estimate of drug-likeness (QED) is 0.203. The summed E-state index contributed by atoms with van der Waals surface area (Å²) in [5.41, 5.74) is 10.3. The number of nitrogens with two attached hydrogens (primary N) is 2. The molecule has 0 saturated carbocycles. The van der Waals surface area contributed by atoms with Crippen LogP contribution in [0.1, 0.15) is 129 Å². The molecule has 0 saturated heterocycles. The van der Waals surface area contributed by atoms with Crippen LogP contribution in [0.2, 0.25) is 0 Å². The van der Waals surface area contributed by atoms with Gasteiger partial charge in [0, 0.05) is 12.8 Å². The highest BCUT2D eigenvalue weighted by molar-refractivity contribution is 5.87. The van der Waals surface area contributed by atoms with Crippen molar-refractivity contribution in [3.05, 3.63) is 0 Å². The maximum Gasteiger partial charge on any atom is 0.240 e. The molecule has 0 aliphatic carbocycles. The normalized spacial score (nSPS) is 12.1. The molecule has 0 radical (unpaired) electrons. The Labute approximate surface area is 190 Å². The monoisotopic (exact) mass is 439 g/mol. The Bertz CT molecular complexity index is 475. The van der Waals surface area contributed by atoms with Gasteiger partial charge >= 0.3 is 0 Å². The summed E-state index contributed by atoms with van der Waals surface area (Å²) in [7, 11) is 0. The molecule has 0 aromatic rings. The van der Waals surface area contributed by atoms with Gasteiger partial charge in [-0.3, -0.25) is 14.4 Å². The molecule has 0 aromatic carbocycles. The van der Waals surface area contributed by atoms with Crippen LogP contribution in [0.25, 0.3) is 0 Å². The number of carbonyl (C=O) groups excluding carboxylic acids is 3. The number of unbranched alkanes of at least 4 members (excludes halogenated alkanes) is 9. The van der Waals surface area contributed by atoms with Crippen molar-refractivity contribution in [3.8, 4) is 0 Å². The minimum absolute atomic E-state index is 0.0338. The molecule has 0 aromatic heterocycles. The third-order valence-electron chi connectivity index (χ3n) is 6.06. The molecule has 0 unspecified atom stereocenters. The Morgan fingerprint density at radius 2 is 1.13 bits per heavy atom. The summed E-state index contributed by atoms with van der Waals surface area (Å²) in [6.07, 6.45) is 19.7. The highest BCUT2D eigenvalue weighted by Crippen LogP contribution is 2.23. The van der Waals surface area contributed by atoms with Crippen molar-refractivity contribution in [2.75, 3.05) is 0 Å². The smallest absolute Gasteiger partial charge is 0.240 e. The fourth-order valence-corrected chi connectivity index (χ4v) is 4.04. The zero-order valence-corrected chi connectivity index (χ0v) is 20.3. The summed E-state index contributed by atoms with van der Waals surface area (Å²) in [6, 6.07) is -0.816. The molecule has 6 nitrogen and oxygen atoms in total. The summed E-state index contributed by atoms with van der Waals surface area (Å²) in [6.45, 7) is 4.57. The minimum atomic E-state index is -0.816. The van der Waals surface area contributed by atoms with Crippen LogP contribution >= 0.6 is 0 Å². The van der Waals surface area contributed by atoms with Crippen molar-refractivity contribution in [2.45, 2.75) is 135 Å². The second-order valence-electron chi connectivity index (χ2n) is 9.05. The Hall–Kier alpha value is -1.59. The van der Waals surface area contributed by atoms with Crippen molar-refractivity contribution in [2.24, 2.45) is 17.4 Å². The molecule has 1 atom stereocenters. The van der Waals surface area contributed by atoms with Gasteiger partial charge in [0.15, 0.2) is 0 Å². The molecule has 0 fully saturated rings. The van der Waals surface area contributed by atoms with Crippen molar-refractivity contribution in [1.29, 1.82) is 0 Å². The third-order valence-corrected chi connectivity index (χ3v) is 6.06. The van der Waals surface area contributed by atoms with Gasteiger partial charge in [-0.1, -0.05) is 104 Å². The van der Waals surface area contributed by atoms with E-state index in [0.717, 1.165) is 25.2 Å². The fraction of sp³-hybridized carbons (Fsp3) is 0.880. The van der Waals surface area contributed by atoms with E-state index in [1.807, 2.05) is 0 Å². The molecule has 182 valence electrons. The molecule has 0 heterocycles. The number of hydrogen-bond donors (Lipinski definition) is 3. The first-order chi connectivity index (χ1) is 14.9. The van der Waals surface area contributed by atoms with Crippen LogP contribution in [0.5, 0.6) is 0 Å². The highest BCUT2D eigenvalue weighted by Gasteiger charge is 2.18. The zero-order chi connectivity index (χ0) is 23.3. The van der Waals surface area contributed by atoms with E-state index < -0.39 is 17.9 Å². The Morgan fingerprint density at radius 3 is 1.61 bits per heavy atom. The van der Waals surface area contributed by atoms with E-state index in [1.165, 1.54) is 77.0 Å². The van der Waals surface area contributed by atoms with Crippen LogP contribution in [0, 0.1) is 5.92 Å². The largest absolute Gasteiger partial charge is 0.370 e. The van der Waals surface area contributed by atoms with E-state index in [2.05, 4.69) is 19.2 Å². The molecule has 6 heteroatoms. The SMILES string of the molecule is CCCCC(CCCC)CCCCCCCCCCC(=O)N[C@@H](CCC(N)=O)C(N)=O. The average molecular weight is 440 g/mol. The first kappa shape index (κ1) is 29.4. The van der Waals surface area contributed by atoms with E-state index in [1.54, 1.807) is 0 Å². The van der Waals surface area contributed by atoms with Gasteiger partial charge < -0.3 is 16.8 Å². The van der Waals surface area contributed by atoms with E-state index in [9.17, 15) is 14.4 Å². The van der Waals surface area contributed by atoms with Crippen molar-refractivity contribution >= 4 is 17.7 Å².